The van der Waals surface area contributed by atoms with Crippen LogP contribution in [0.25, 0.3) is 0 Å². The first-order valence-electron chi connectivity index (χ1n) is 4.95. The maximum Gasteiger partial charge on any atom is 0.133 e. The Hall–Kier alpha value is -0.370. The molecule has 0 heterocycles. The first kappa shape index (κ1) is 8.24. The van der Waals surface area contributed by atoms with E-state index in [-0.39, 0.29) is 5.92 Å². The van der Waals surface area contributed by atoms with Crippen LogP contribution in [0.4, 0.5) is 0 Å². The topological polar surface area (TPSA) is 37.3 Å². The lowest BCUT2D eigenvalue weighted by atomic mass is 9.67. The molecule has 0 saturated heterocycles. The number of fused-ring (bicyclic) bond motifs is 1. The van der Waals surface area contributed by atoms with E-state index in [2.05, 4.69) is 0 Å². The summed E-state index contributed by atoms with van der Waals surface area (Å²) in [6.07, 6.45) is 6.27. The van der Waals surface area contributed by atoms with Crippen LogP contribution in [0.15, 0.2) is 0 Å². The highest BCUT2D eigenvalue weighted by Crippen LogP contribution is 2.42. The van der Waals surface area contributed by atoms with Crippen LogP contribution in [-0.2, 0) is 4.79 Å². The molecule has 0 aliphatic heterocycles. The predicted molar refractivity (Wildman–Crippen MR) is 45.8 cm³/mol. The molecule has 12 heavy (non-hydrogen) atoms. The van der Waals surface area contributed by atoms with Gasteiger partial charge >= 0.3 is 0 Å². The summed E-state index contributed by atoms with van der Waals surface area (Å²) in [7, 11) is 0. The van der Waals surface area contributed by atoms with Gasteiger partial charge in [-0.3, -0.25) is 4.79 Å². The van der Waals surface area contributed by atoms with Gasteiger partial charge in [0.1, 0.15) is 5.78 Å². The largest absolute Gasteiger partial charge is 0.390 e. The van der Waals surface area contributed by atoms with Crippen LogP contribution in [-0.4, -0.2) is 16.5 Å². The van der Waals surface area contributed by atoms with Crippen LogP contribution >= 0.6 is 0 Å². The van der Waals surface area contributed by atoms with Crippen molar-refractivity contribution in [3.05, 3.63) is 0 Å². The fraction of sp³-hybridized carbons (Fsp3) is 0.900. The fourth-order valence-corrected chi connectivity index (χ4v) is 2.65. The Morgan fingerprint density at radius 3 is 3.00 bits per heavy atom. The van der Waals surface area contributed by atoms with Crippen molar-refractivity contribution in [1.29, 1.82) is 0 Å². The lowest BCUT2D eigenvalue weighted by Crippen LogP contribution is -2.45. The van der Waals surface area contributed by atoms with Crippen LogP contribution in [0.2, 0.25) is 0 Å². The Labute approximate surface area is 73.0 Å². The molecule has 2 aliphatic carbocycles. The van der Waals surface area contributed by atoms with Crippen molar-refractivity contribution in [2.45, 2.75) is 50.5 Å². The summed E-state index contributed by atoms with van der Waals surface area (Å²) in [5, 5.41) is 10.2. The zero-order chi connectivity index (χ0) is 8.60. The predicted octanol–water partition coefficient (Wildman–Crippen LogP) is 1.66. The Morgan fingerprint density at radius 2 is 2.17 bits per heavy atom. The minimum absolute atomic E-state index is 0.285. The van der Waals surface area contributed by atoms with Gasteiger partial charge in [0, 0.05) is 12.8 Å². The van der Waals surface area contributed by atoms with E-state index in [1.165, 1.54) is 6.42 Å². The minimum atomic E-state index is -0.466. The molecule has 0 unspecified atom stereocenters. The number of ketones is 1. The highest BCUT2D eigenvalue weighted by atomic mass is 16.3. The molecule has 0 aromatic carbocycles. The second kappa shape index (κ2) is 2.84. The molecule has 0 aromatic heterocycles. The molecule has 0 bridgehead atoms. The highest BCUT2D eigenvalue weighted by molar-refractivity contribution is 5.79. The van der Waals surface area contributed by atoms with Gasteiger partial charge in [0.15, 0.2) is 0 Å². The molecule has 2 saturated carbocycles. The highest BCUT2D eigenvalue weighted by Gasteiger charge is 2.42. The number of carbonyl (C=O) groups excluding carboxylic acids is 1. The average Bonchev–Trinajstić information content (AvgIpc) is 2.06. The molecule has 68 valence electrons. The minimum Gasteiger partial charge on any atom is -0.390 e. The van der Waals surface area contributed by atoms with Gasteiger partial charge in [-0.2, -0.15) is 0 Å². The van der Waals surface area contributed by atoms with E-state index in [0.29, 0.717) is 18.6 Å². The Bertz CT molecular complexity index is 200. The molecular weight excluding hydrogens is 152 g/mol. The summed E-state index contributed by atoms with van der Waals surface area (Å²) >= 11 is 0. The normalized spacial score (nSPS) is 42.4. The van der Waals surface area contributed by atoms with Crippen LogP contribution in [0.1, 0.15) is 44.9 Å². The molecule has 0 aromatic rings. The summed E-state index contributed by atoms with van der Waals surface area (Å²) < 4.78 is 0. The molecule has 2 atom stereocenters. The number of Topliss-reactive ketones (excluding diaryl/α,β-unsaturated/α-hetero) is 1. The summed E-state index contributed by atoms with van der Waals surface area (Å²) in [5.74, 6) is 0.638. The van der Waals surface area contributed by atoms with Gasteiger partial charge in [0.2, 0.25) is 0 Å². The molecule has 2 nitrogen and oxygen atoms in total. The molecule has 0 radical (unpaired) electrons. The fourth-order valence-electron chi connectivity index (χ4n) is 2.65. The lowest BCUT2D eigenvalue weighted by molar-refractivity contribution is -0.134. The number of hydrogen-bond acceptors (Lipinski definition) is 2. The summed E-state index contributed by atoms with van der Waals surface area (Å²) in [6, 6.07) is 0. The number of hydrogen-bond donors (Lipinski definition) is 1. The number of carbonyl (C=O) groups is 1. The average molecular weight is 168 g/mol. The van der Waals surface area contributed by atoms with E-state index in [1.54, 1.807) is 0 Å². The number of aliphatic hydroxyl groups is 1. The van der Waals surface area contributed by atoms with E-state index in [0.717, 1.165) is 25.7 Å². The second-order valence-corrected chi connectivity index (χ2v) is 4.29. The Morgan fingerprint density at radius 1 is 1.33 bits per heavy atom. The van der Waals surface area contributed by atoms with Crippen LogP contribution < -0.4 is 0 Å². The third-order valence-corrected chi connectivity index (χ3v) is 3.48. The van der Waals surface area contributed by atoms with Crippen molar-refractivity contribution in [3.63, 3.8) is 0 Å². The number of rotatable bonds is 0. The van der Waals surface area contributed by atoms with Crippen molar-refractivity contribution in [3.8, 4) is 0 Å². The van der Waals surface area contributed by atoms with E-state index in [1.807, 2.05) is 0 Å². The molecule has 2 fully saturated rings. The molecular formula is C10H16O2. The molecule has 1 N–H and O–H groups in total. The molecule has 0 amide bonds. The van der Waals surface area contributed by atoms with Crippen LogP contribution in [0.3, 0.4) is 0 Å². The second-order valence-electron chi connectivity index (χ2n) is 4.29. The summed E-state index contributed by atoms with van der Waals surface area (Å²) in [6.45, 7) is 0. The smallest absolute Gasteiger partial charge is 0.133 e. The molecule has 2 rings (SSSR count). The van der Waals surface area contributed by atoms with Crippen molar-refractivity contribution < 1.29 is 9.90 Å². The van der Waals surface area contributed by atoms with Crippen LogP contribution in [0.5, 0.6) is 0 Å². The summed E-state index contributed by atoms with van der Waals surface area (Å²) in [5.41, 5.74) is -0.466. The zero-order valence-electron chi connectivity index (χ0n) is 7.38. The molecule has 2 aliphatic rings. The van der Waals surface area contributed by atoms with Gasteiger partial charge < -0.3 is 5.11 Å². The van der Waals surface area contributed by atoms with Crippen LogP contribution in [0, 0.1) is 5.92 Å². The van der Waals surface area contributed by atoms with E-state index in [9.17, 15) is 9.90 Å². The third kappa shape index (κ3) is 1.28. The quantitative estimate of drug-likeness (QED) is 0.597. The first-order chi connectivity index (χ1) is 5.71. The van der Waals surface area contributed by atoms with Crippen molar-refractivity contribution >= 4 is 5.78 Å². The Kier molecular flexibility index (Phi) is 1.95. The maximum absolute atomic E-state index is 11.1. The first-order valence-corrected chi connectivity index (χ1v) is 4.95. The van der Waals surface area contributed by atoms with Crippen molar-refractivity contribution in [1.82, 2.24) is 0 Å². The van der Waals surface area contributed by atoms with Gasteiger partial charge in [-0.15, -0.1) is 0 Å². The van der Waals surface area contributed by atoms with Crippen molar-refractivity contribution in [2.75, 3.05) is 0 Å². The zero-order valence-corrected chi connectivity index (χ0v) is 7.38. The Balaban J connectivity index is 2.11. The van der Waals surface area contributed by atoms with Gasteiger partial charge in [0.25, 0.3) is 0 Å². The molecule has 0 spiro atoms. The van der Waals surface area contributed by atoms with Crippen molar-refractivity contribution in [2.24, 2.45) is 5.92 Å². The summed E-state index contributed by atoms with van der Waals surface area (Å²) in [4.78, 5) is 11.1. The lowest BCUT2D eigenvalue weighted by Gasteiger charge is -2.42. The monoisotopic (exact) mass is 168 g/mol. The van der Waals surface area contributed by atoms with Gasteiger partial charge in [-0.1, -0.05) is 12.8 Å². The van der Waals surface area contributed by atoms with Gasteiger partial charge in [-0.05, 0) is 25.2 Å². The van der Waals surface area contributed by atoms with Gasteiger partial charge in [0.05, 0.1) is 5.60 Å². The molecule has 2 heteroatoms. The van der Waals surface area contributed by atoms with E-state index < -0.39 is 5.60 Å². The van der Waals surface area contributed by atoms with E-state index in [4.69, 9.17) is 0 Å². The van der Waals surface area contributed by atoms with Gasteiger partial charge in [-0.25, -0.2) is 0 Å². The SMILES string of the molecule is O=C1CC[C@@]2(O)CCCC[C@@H]2C1. The third-order valence-electron chi connectivity index (χ3n) is 3.48. The standard InChI is InChI=1S/C10H16O2/c11-9-4-6-10(12)5-2-1-3-8(10)7-9/h8,12H,1-7H2/t8-,10+/m1/s1. The maximum atomic E-state index is 11.1. The van der Waals surface area contributed by atoms with E-state index >= 15 is 0 Å².